The molecule has 0 aliphatic carbocycles. The van der Waals surface area contributed by atoms with Crippen molar-refractivity contribution in [2.75, 3.05) is 26.1 Å². The molecule has 0 fully saturated rings. The number of benzene rings is 3. The van der Waals surface area contributed by atoms with Gasteiger partial charge in [0, 0.05) is 25.3 Å². The topological polar surface area (TPSA) is 122 Å². The van der Waals surface area contributed by atoms with Gasteiger partial charge in [-0.25, -0.2) is 10.2 Å². The number of hydrogen-bond donors (Lipinski definition) is 2. The van der Waals surface area contributed by atoms with Crippen molar-refractivity contribution in [3.63, 3.8) is 0 Å². The third kappa shape index (κ3) is 7.70. The predicted octanol–water partition coefficient (Wildman–Crippen LogP) is 4.49. The monoisotopic (exact) mass is 552 g/mol. The number of nitrogens with one attached hydrogen (secondary N) is 2. The van der Waals surface area contributed by atoms with Crippen molar-refractivity contribution < 1.29 is 28.3 Å². The number of hydrogen-bond acceptors (Lipinski definition) is 8. The van der Waals surface area contributed by atoms with Crippen LogP contribution in [0.1, 0.15) is 32.0 Å². The molecule has 2 amide bonds. The fraction of sp³-hybridized carbons (Fsp3) is 0.0968. The summed E-state index contributed by atoms with van der Waals surface area (Å²) in [4.78, 5) is 40.1. The van der Waals surface area contributed by atoms with Crippen LogP contribution in [0.4, 0.5) is 5.69 Å². The number of carbonyl (C=O) groups excluding carboxylic acids is 3. The lowest BCUT2D eigenvalue weighted by Crippen LogP contribution is -2.32. The van der Waals surface area contributed by atoms with E-state index in [1.165, 1.54) is 31.7 Å². The summed E-state index contributed by atoms with van der Waals surface area (Å²) in [7, 11) is 5.29. The number of amides is 2. The minimum Gasteiger partial charge on any atom is -0.493 e. The van der Waals surface area contributed by atoms with Gasteiger partial charge in [0.1, 0.15) is 5.70 Å². The fourth-order valence-corrected chi connectivity index (χ4v) is 3.60. The van der Waals surface area contributed by atoms with Crippen LogP contribution in [0.25, 0.3) is 6.08 Å². The number of rotatable bonds is 10. The van der Waals surface area contributed by atoms with Gasteiger partial charge in [-0.1, -0.05) is 30.3 Å². The van der Waals surface area contributed by atoms with E-state index in [1.54, 1.807) is 54.6 Å². The number of nitrogens with zero attached hydrogens (tertiary/aromatic N) is 2. The van der Waals surface area contributed by atoms with Crippen LogP contribution in [-0.4, -0.2) is 45.2 Å². The van der Waals surface area contributed by atoms with Crippen LogP contribution in [0.5, 0.6) is 11.5 Å². The molecule has 0 aliphatic rings. The van der Waals surface area contributed by atoms with Gasteiger partial charge in [0.15, 0.2) is 11.5 Å². The third-order valence-electron chi connectivity index (χ3n) is 5.74. The Labute approximate surface area is 236 Å². The van der Waals surface area contributed by atoms with E-state index in [-0.39, 0.29) is 23.0 Å². The van der Waals surface area contributed by atoms with Crippen LogP contribution >= 0.6 is 0 Å². The lowest BCUT2D eigenvalue weighted by atomic mass is 10.1. The largest absolute Gasteiger partial charge is 0.493 e. The smallest absolute Gasteiger partial charge is 0.379 e. The van der Waals surface area contributed by atoms with Crippen molar-refractivity contribution in [2.45, 2.75) is 0 Å². The van der Waals surface area contributed by atoms with Gasteiger partial charge in [0.25, 0.3) is 11.8 Å². The number of ether oxygens (including phenoxy) is 2. The van der Waals surface area contributed by atoms with Crippen LogP contribution in [-0.2, 0) is 4.79 Å². The molecule has 41 heavy (non-hydrogen) atoms. The number of hydrazone groups is 1. The predicted molar refractivity (Wildman–Crippen MR) is 155 cm³/mol. The minimum atomic E-state index is -0.671. The Morgan fingerprint density at radius 3 is 2.27 bits per heavy atom. The number of anilines is 1. The lowest BCUT2D eigenvalue weighted by Gasteiger charge is -2.12. The van der Waals surface area contributed by atoms with Crippen LogP contribution < -0.4 is 25.1 Å². The van der Waals surface area contributed by atoms with Gasteiger partial charge in [-0.3, -0.25) is 9.59 Å². The second kappa shape index (κ2) is 13.4. The number of esters is 1. The summed E-state index contributed by atoms with van der Waals surface area (Å²) in [6.45, 7) is 0. The van der Waals surface area contributed by atoms with Gasteiger partial charge < -0.3 is 24.1 Å². The number of carbonyl (C=O) groups is 3. The molecular weight excluding hydrogens is 524 g/mol. The maximum absolute atomic E-state index is 13.1. The van der Waals surface area contributed by atoms with E-state index in [2.05, 4.69) is 15.8 Å². The van der Waals surface area contributed by atoms with Gasteiger partial charge in [-0.15, -0.1) is 0 Å². The highest BCUT2D eigenvalue weighted by Gasteiger charge is 2.16. The molecule has 0 bridgehead atoms. The second-order valence-corrected chi connectivity index (χ2v) is 8.84. The Balaban J connectivity index is 1.49. The zero-order chi connectivity index (χ0) is 29.2. The van der Waals surface area contributed by atoms with Crippen molar-refractivity contribution >= 4 is 35.8 Å². The molecule has 10 heteroatoms. The molecule has 4 rings (SSSR count). The van der Waals surface area contributed by atoms with Crippen LogP contribution in [0.15, 0.2) is 106 Å². The summed E-state index contributed by atoms with van der Waals surface area (Å²) in [5, 5.41) is 6.70. The molecule has 0 unspecified atom stereocenters. The highest BCUT2D eigenvalue weighted by atomic mass is 16.6. The summed E-state index contributed by atoms with van der Waals surface area (Å²) in [6, 6.07) is 23.9. The Kier molecular flexibility index (Phi) is 9.29. The molecule has 0 saturated heterocycles. The highest BCUT2D eigenvalue weighted by Crippen LogP contribution is 2.28. The molecule has 1 heterocycles. The SMILES string of the molecule is COc1cc(/C=N\NC(=O)/C(=C/c2ccc(N(C)C)cc2)NC(=O)c2ccccc2)ccc1OC(=O)c1ccco1. The van der Waals surface area contributed by atoms with Crippen LogP contribution in [0, 0.1) is 0 Å². The van der Waals surface area contributed by atoms with E-state index >= 15 is 0 Å². The zero-order valence-electron chi connectivity index (χ0n) is 22.7. The Hall–Kier alpha value is -5.64. The average molecular weight is 553 g/mol. The van der Waals surface area contributed by atoms with E-state index in [9.17, 15) is 14.4 Å². The molecule has 0 spiro atoms. The average Bonchev–Trinajstić information content (AvgIpc) is 3.53. The summed E-state index contributed by atoms with van der Waals surface area (Å²) >= 11 is 0. The first-order valence-electron chi connectivity index (χ1n) is 12.5. The maximum atomic E-state index is 13.1. The van der Waals surface area contributed by atoms with Crippen molar-refractivity contribution in [1.82, 2.24) is 10.7 Å². The van der Waals surface area contributed by atoms with Crippen LogP contribution in [0.3, 0.4) is 0 Å². The van der Waals surface area contributed by atoms with Crippen molar-refractivity contribution in [3.8, 4) is 11.5 Å². The van der Waals surface area contributed by atoms with Gasteiger partial charge in [0.2, 0.25) is 5.76 Å². The first kappa shape index (κ1) is 28.4. The Bertz CT molecular complexity index is 1560. The molecule has 208 valence electrons. The molecule has 0 aliphatic heterocycles. The molecule has 0 radical (unpaired) electrons. The lowest BCUT2D eigenvalue weighted by molar-refractivity contribution is -0.117. The molecule has 0 saturated carbocycles. The summed E-state index contributed by atoms with van der Waals surface area (Å²) in [5.74, 6) is -1.22. The Morgan fingerprint density at radius 2 is 1.61 bits per heavy atom. The molecule has 2 N–H and O–H groups in total. The molecular formula is C31H28N4O6. The van der Waals surface area contributed by atoms with Crippen molar-refractivity contribution in [2.24, 2.45) is 5.10 Å². The highest BCUT2D eigenvalue weighted by molar-refractivity contribution is 6.05. The first-order chi connectivity index (χ1) is 19.8. The normalized spacial score (nSPS) is 11.1. The van der Waals surface area contributed by atoms with Crippen molar-refractivity contribution in [3.05, 3.63) is 119 Å². The van der Waals surface area contributed by atoms with Gasteiger partial charge in [-0.2, -0.15) is 5.10 Å². The second-order valence-electron chi connectivity index (χ2n) is 8.84. The van der Waals surface area contributed by atoms with Crippen molar-refractivity contribution in [1.29, 1.82) is 0 Å². The number of furan rings is 1. The van der Waals surface area contributed by atoms with E-state index < -0.39 is 17.8 Å². The van der Waals surface area contributed by atoms with E-state index in [0.717, 1.165) is 5.69 Å². The third-order valence-corrected chi connectivity index (χ3v) is 5.74. The summed E-state index contributed by atoms with van der Waals surface area (Å²) in [5.41, 5.74) is 5.10. The fourth-order valence-electron chi connectivity index (χ4n) is 3.60. The van der Waals surface area contributed by atoms with Gasteiger partial charge in [0.05, 0.1) is 19.6 Å². The maximum Gasteiger partial charge on any atom is 0.379 e. The van der Waals surface area contributed by atoms with Gasteiger partial charge >= 0.3 is 5.97 Å². The van der Waals surface area contributed by atoms with E-state index in [4.69, 9.17) is 13.9 Å². The number of methoxy groups -OCH3 is 1. The van der Waals surface area contributed by atoms with E-state index in [0.29, 0.717) is 16.7 Å². The molecule has 1 aromatic heterocycles. The van der Waals surface area contributed by atoms with Gasteiger partial charge in [-0.05, 0) is 71.8 Å². The first-order valence-corrected chi connectivity index (χ1v) is 12.5. The molecule has 4 aromatic rings. The summed E-state index contributed by atoms with van der Waals surface area (Å²) in [6.07, 6.45) is 4.33. The quantitative estimate of drug-likeness (QED) is 0.0977. The molecule has 10 nitrogen and oxygen atoms in total. The zero-order valence-corrected chi connectivity index (χ0v) is 22.7. The van der Waals surface area contributed by atoms with E-state index in [1.807, 2.05) is 43.3 Å². The molecule has 0 atom stereocenters. The standard InChI is InChI=1S/C31H28N4O6/c1-35(2)24-14-11-21(12-15-24)18-25(33-29(36)23-8-5-4-6-9-23)30(37)34-32-20-22-13-16-26(28(19-22)39-3)41-31(38)27-10-7-17-40-27/h4-20H,1-3H3,(H,33,36)(H,34,37)/b25-18-,32-20-. The molecule has 3 aromatic carbocycles. The Morgan fingerprint density at radius 1 is 0.878 bits per heavy atom. The summed E-state index contributed by atoms with van der Waals surface area (Å²) < 4.78 is 15.7. The minimum absolute atomic E-state index is 0.00590. The van der Waals surface area contributed by atoms with Crippen LogP contribution in [0.2, 0.25) is 0 Å².